The molecular weight excluding hydrogens is 357 g/mol. The summed E-state index contributed by atoms with van der Waals surface area (Å²) in [5, 5.41) is 5.89. The third-order valence-electron chi connectivity index (χ3n) is 3.94. The quantitative estimate of drug-likeness (QED) is 0.626. The number of nitrogens with zero attached hydrogens (tertiary/aromatic N) is 1. The van der Waals surface area contributed by atoms with E-state index < -0.39 is 0 Å². The van der Waals surface area contributed by atoms with E-state index in [0.717, 1.165) is 11.4 Å². The van der Waals surface area contributed by atoms with Crippen LogP contribution in [0.4, 0.5) is 15.9 Å². The first-order valence-electron chi connectivity index (χ1n) is 9.03. The average molecular weight is 379 g/mol. The minimum atomic E-state index is -0.345. The number of hydrogen-bond donors (Lipinski definition) is 2. The number of carbonyl (C=O) groups excluding carboxylic acids is 1. The largest absolute Gasteiger partial charge is 0.489 e. The second kappa shape index (κ2) is 8.99. The van der Waals surface area contributed by atoms with Gasteiger partial charge in [-0.1, -0.05) is 30.3 Å². The Balaban J connectivity index is 1.64. The first-order chi connectivity index (χ1) is 13.5. The summed E-state index contributed by atoms with van der Waals surface area (Å²) >= 11 is 0. The molecule has 3 aromatic rings. The van der Waals surface area contributed by atoms with Gasteiger partial charge in [0.25, 0.3) is 5.91 Å². The van der Waals surface area contributed by atoms with Crippen LogP contribution in [-0.2, 0) is 6.54 Å². The fourth-order valence-corrected chi connectivity index (χ4v) is 2.59. The molecule has 0 fully saturated rings. The highest BCUT2D eigenvalue weighted by Crippen LogP contribution is 2.27. The maximum Gasteiger partial charge on any atom is 0.253 e. The third kappa shape index (κ3) is 5.07. The van der Waals surface area contributed by atoms with E-state index in [0.29, 0.717) is 16.9 Å². The van der Waals surface area contributed by atoms with Gasteiger partial charge in [0.2, 0.25) is 0 Å². The number of carbonyl (C=O) groups is 1. The summed E-state index contributed by atoms with van der Waals surface area (Å²) in [5.74, 6) is 0.657. The molecule has 0 radical (unpaired) electrons. The van der Waals surface area contributed by atoms with Gasteiger partial charge in [0.05, 0.1) is 17.4 Å². The van der Waals surface area contributed by atoms with E-state index in [2.05, 4.69) is 15.6 Å². The van der Waals surface area contributed by atoms with Gasteiger partial charge in [-0.2, -0.15) is 0 Å². The molecule has 1 heterocycles. The molecule has 144 valence electrons. The van der Waals surface area contributed by atoms with Crippen LogP contribution in [0.5, 0.6) is 5.75 Å². The first-order valence-corrected chi connectivity index (χ1v) is 9.03. The van der Waals surface area contributed by atoms with E-state index in [4.69, 9.17) is 4.74 Å². The number of nitrogens with one attached hydrogen (secondary N) is 2. The topological polar surface area (TPSA) is 63.2 Å². The minimum absolute atomic E-state index is 0.0523. The lowest BCUT2D eigenvalue weighted by molar-refractivity contribution is 0.0950. The Morgan fingerprint density at radius 3 is 2.54 bits per heavy atom. The molecule has 0 saturated carbocycles. The van der Waals surface area contributed by atoms with Gasteiger partial charge in [-0.15, -0.1) is 0 Å². The summed E-state index contributed by atoms with van der Waals surface area (Å²) in [6, 6.07) is 17.3. The molecule has 0 unspecified atom stereocenters. The molecule has 28 heavy (non-hydrogen) atoms. The molecule has 3 rings (SSSR count). The predicted octanol–water partition coefficient (Wildman–Crippen LogP) is 4.68. The Labute approximate surface area is 163 Å². The monoisotopic (exact) mass is 379 g/mol. The molecule has 0 saturated heterocycles. The van der Waals surface area contributed by atoms with Crippen LogP contribution in [0.2, 0.25) is 0 Å². The van der Waals surface area contributed by atoms with Crippen LogP contribution in [0.3, 0.4) is 0 Å². The lowest BCUT2D eigenvalue weighted by atomic mass is 10.2. The van der Waals surface area contributed by atoms with Crippen LogP contribution in [0, 0.1) is 5.82 Å². The summed E-state index contributed by atoms with van der Waals surface area (Å²) in [7, 11) is 0. The normalized spacial score (nSPS) is 10.6. The van der Waals surface area contributed by atoms with Gasteiger partial charge < -0.3 is 15.4 Å². The smallest absolute Gasteiger partial charge is 0.253 e. The molecule has 6 heteroatoms. The number of amides is 1. The molecule has 0 aliphatic rings. The molecule has 1 amide bonds. The Kier molecular flexibility index (Phi) is 6.22. The van der Waals surface area contributed by atoms with Crippen molar-refractivity contribution in [3.8, 4) is 5.75 Å². The number of aromatic nitrogens is 1. The van der Waals surface area contributed by atoms with Gasteiger partial charge in [-0.05, 0) is 44.2 Å². The fourth-order valence-electron chi connectivity index (χ4n) is 2.59. The molecule has 0 aliphatic heterocycles. The number of para-hydroxylation sites is 2. The van der Waals surface area contributed by atoms with Crippen LogP contribution >= 0.6 is 0 Å². The Morgan fingerprint density at radius 1 is 1.07 bits per heavy atom. The summed E-state index contributed by atoms with van der Waals surface area (Å²) < 4.78 is 19.4. The molecule has 1 aromatic heterocycles. The molecule has 0 atom stereocenters. The van der Waals surface area contributed by atoms with Crippen molar-refractivity contribution in [3.05, 3.63) is 83.8 Å². The van der Waals surface area contributed by atoms with E-state index in [-0.39, 0.29) is 24.4 Å². The number of hydrogen-bond acceptors (Lipinski definition) is 4. The van der Waals surface area contributed by atoms with Gasteiger partial charge >= 0.3 is 0 Å². The van der Waals surface area contributed by atoms with Crippen LogP contribution in [-0.4, -0.2) is 17.0 Å². The van der Waals surface area contributed by atoms with Crippen molar-refractivity contribution in [2.75, 3.05) is 5.32 Å². The van der Waals surface area contributed by atoms with Crippen LogP contribution in [0.25, 0.3) is 0 Å². The Morgan fingerprint density at radius 2 is 1.82 bits per heavy atom. The molecule has 0 bridgehead atoms. The second-order valence-corrected chi connectivity index (χ2v) is 6.49. The zero-order valence-electron chi connectivity index (χ0n) is 15.8. The van der Waals surface area contributed by atoms with Crippen molar-refractivity contribution in [1.82, 2.24) is 10.3 Å². The molecule has 2 N–H and O–H groups in total. The standard InChI is InChI=1S/C22H22FN3O2/c1-15(2)28-20-10-6-5-9-19(20)26-21-12-11-17(14-24-21)22(27)25-13-16-7-3-4-8-18(16)23/h3-12,14-15H,13H2,1-2H3,(H,24,26)(H,25,27). The van der Waals surface area contributed by atoms with Gasteiger partial charge in [0.15, 0.2) is 0 Å². The first kappa shape index (κ1) is 19.4. The zero-order valence-corrected chi connectivity index (χ0v) is 15.8. The van der Waals surface area contributed by atoms with Gasteiger partial charge in [-0.3, -0.25) is 4.79 Å². The third-order valence-corrected chi connectivity index (χ3v) is 3.94. The summed E-state index contributed by atoms with van der Waals surface area (Å²) in [6.07, 6.45) is 1.53. The summed E-state index contributed by atoms with van der Waals surface area (Å²) in [5.41, 5.74) is 1.62. The highest BCUT2D eigenvalue weighted by molar-refractivity contribution is 5.94. The van der Waals surface area contributed by atoms with Gasteiger partial charge in [0.1, 0.15) is 17.4 Å². The van der Waals surface area contributed by atoms with Crippen molar-refractivity contribution in [2.45, 2.75) is 26.5 Å². The number of rotatable bonds is 7. The van der Waals surface area contributed by atoms with E-state index in [1.807, 2.05) is 38.1 Å². The molecule has 2 aromatic carbocycles. The SMILES string of the molecule is CC(C)Oc1ccccc1Nc1ccc(C(=O)NCc2ccccc2F)cn1. The Hall–Kier alpha value is -3.41. The maximum atomic E-state index is 13.6. The van der Waals surface area contributed by atoms with Crippen LogP contribution in [0.1, 0.15) is 29.8 Å². The molecule has 0 aliphatic carbocycles. The van der Waals surface area contributed by atoms with E-state index >= 15 is 0 Å². The lowest BCUT2D eigenvalue weighted by Crippen LogP contribution is -2.23. The van der Waals surface area contributed by atoms with Crippen molar-refractivity contribution in [2.24, 2.45) is 0 Å². The number of benzene rings is 2. The van der Waals surface area contributed by atoms with E-state index in [9.17, 15) is 9.18 Å². The highest BCUT2D eigenvalue weighted by atomic mass is 19.1. The van der Waals surface area contributed by atoms with Crippen molar-refractivity contribution in [3.63, 3.8) is 0 Å². The summed E-state index contributed by atoms with van der Waals surface area (Å²) in [4.78, 5) is 16.5. The number of ether oxygens (including phenoxy) is 1. The number of anilines is 2. The molecule has 0 spiro atoms. The van der Waals surface area contributed by atoms with E-state index in [1.54, 1.807) is 30.3 Å². The molecule has 5 nitrogen and oxygen atoms in total. The Bertz CT molecular complexity index is 943. The van der Waals surface area contributed by atoms with Crippen molar-refractivity contribution >= 4 is 17.4 Å². The van der Waals surface area contributed by atoms with Gasteiger partial charge in [0, 0.05) is 18.3 Å². The number of halogens is 1. The number of pyridine rings is 1. The average Bonchev–Trinajstić information content (AvgIpc) is 2.69. The lowest BCUT2D eigenvalue weighted by Gasteiger charge is -2.15. The zero-order chi connectivity index (χ0) is 19.9. The van der Waals surface area contributed by atoms with Gasteiger partial charge in [-0.25, -0.2) is 9.37 Å². The van der Waals surface area contributed by atoms with E-state index in [1.165, 1.54) is 12.3 Å². The fraction of sp³-hybridized carbons (Fsp3) is 0.182. The second-order valence-electron chi connectivity index (χ2n) is 6.49. The van der Waals surface area contributed by atoms with Crippen LogP contribution < -0.4 is 15.4 Å². The predicted molar refractivity (Wildman–Crippen MR) is 107 cm³/mol. The minimum Gasteiger partial charge on any atom is -0.489 e. The van der Waals surface area contributed by atoms with Crippen molar-refractivity contribution < 1.29 is 13.9 Å². The van der Waals surface area contributed by atoms with Crippen molar-refractivity contribution in [1.29, 1.82) is 0 Å². The van der Waals surface area contributed by atoms with Crippen LogP contribution in [0.15, 0.2) is 66.9 Å². The maximum absolute atomic E-state index is 13.6. The molecular formula is C22H22FN3O2. The highest BCUT2D eigenvalue weighted by Gasteiger charge is 2.09. The summed E-state index contributed by atoms with van der Waals surface area (Å²) in [6.45, 7) is 4.04.